The van der Waals surface area contributed by atoms with E-state index in [0.29, 0.717) is 11.7 Å². The lowest BCUT2D eigenvalue weighted by Gasteiger charge is -2.30. The van der Waals surface area contributed by atoms with Crippen LogP contribution in [0.15, 0.2) is 12.1 Å². The zero-order valence-corrected chi connectivity index (χ0v) is 26.6. The van der Waals surface area contributed by atoms with Crippen molar-refractivity contribution in [1.29, 1.82) is 0 Å². The molecule has 0 heterocycles. The Morgan fingerprint density at radius 2 is 0.865 bits per heavy atom. The zero-order valence-electron chi connectivity index (χ0n) is 26.6. The second kappa shape index (κ2) is 18.3. The predicted molar refractivity (Wildman–Crippen MR) is 167 cm³/mol. The van der Waals surface area contributed by atoms with E-state index in [0.717, 1.165) is 11.1 Å². The molecule has 0 spiro atoms. The van der Waals surface area contributed by atoms with Crippen LogP contribution >= 0.6 is 0 Å². The molecule has 0 aliphatic rings. The summed E-state index contributed by atoms with van der Waals surface area (Å²) in [6, 6.07) is 4.62. The number of phenols is 1. The van der Waals surface area contributed by atoms with E-state index in [1.54, 1.807) is 0 Å². The molecule has 1 heteroatoms. The standard InChI is InChI=1S/C36H66O/c1-9-11-12-13-14-15-16-17-18-19-20-21-22-23-24-25-26-27-30(10-2)31-28-32(35(3,4)5)34(37)33(29-31)36(6,7)8/h28-30,37H,9-27H2,1-8H3. The van der Waals surface area contributed by atoms with Gasteiger partial charge in [0.15, 0.2) is 0 Å². The Morgan fingerprint density at radius 1 is 0.541 bits per heavy atom. The highest BCUT2D eigenvalue weighted by Gasteiger charge is 2.27. The highest BCUT2D eigenvalue weighted by atomic mass is 16.3. The largest absolute Gasteiger partial charge is 0.507 e. The second-order valence-corrected chi connectivity index (χ2v) is 14.0. The van der Waals surface area contributed by atoms with E-state index >= 15 is 0 Å². The van der Waals surface area contributed by atoms with Gasteiger partial charge >= 0.3 is 0 Å². The van der Waals surface area contributed by atoms with Crippen molar-refractivity contribution < 1.29 is 5.11 Å². The minimum Gasteiger partial charge on any atom is -0.507 e. The van der Waals surface area contributed by atoms with Crippen LogP contribution in [0.2, 0.25) is 0 Å². The molecule has 0 radical (unpaired) electrons. The minimum absolute atomic E-state index is 0.0493. The first kappa shape index (κ1) is 34.0. The van der Waals surface area contributed by atoms with Gasteiger partial charge in [-0.1, -0.05) is 177 Å². The highest BCUT2D eigenvalue weighted by molar-refractivity contribution is 5.50. The van der Waals surface area contributed by atoms with Crippen LogP contribution < -0.4 is 0 Å². The molecule has 1 N–H and O–H groups in total. The van der Waals surface area contributed by atoms with Gasteiger partial charge in [-0.2, -0.15) is 0 Å². The summed E-state index contributed by atoms with van der Waals surface area (Å²) >= 11 is 0. The number of aromatic hydroxyl groups is 1. The zero-order chi connectivity index (χ0) is 27.7. The molecule has 0 aromatic heterocycles. The normalized spacial score (nSPS) is 13.3. The molecule has 1 atom stereocenters. The third-order valence-corrected chi connectivity index (χ3v) is 8.37. The van der Waals surface area contributed by atoms with Gasteiger partial charge in [0.2, 0.25) is 0 Å². The molecule has 0 saturated carbocycles. The van der Waals surface area contributed by atoms with Crippen molar-refractivity contribution in [1.82, 2.24) is 0 Å². The monoisotopic (exact) mass is 515 g/mol. The van der Waals surface area contributed by atoms with E-state index in [1.807, 2.05) is 0 Å². The van der Waals surface area contributed by atoms with Crippen LogP contribution in [0.25, 0.3) is 0 Å². The van der Waals surface area contributed by atoms with E-state index in [9.17, 15) is 5.11 Å². The smallest absolute Gasteiger partial charge is 0.123 e. The molecule has 216 valence electrons. The fraction of sp³-hybridized carbons (Fsp3) is 0.833. The molecule has 1 unspecified atom stereocenters. The molecule has 1 rings (SSSR count). The molecule has 0 aliphatic carbocycles. The Hall–Kier alpha value is -0.980. The van der Waals surface area contributed by atoms with Gasteiger partial charge in [-0.15, -0.1) is 0 Å². The van der Waals surface area contributed by atoms with Gasteiger partial charge in [-0.3, -0.25) is 0 Å². The third-order valence-electron chi connectivity index (χ3n) is 8.37. The average molecular weight is 515 g/mol. The Labute approximate surface area is 233 Å². The van der Waals surface area contributed by atoms with E-state index < -0.39 is 0 Å². The number of phenolic OH excluding ortho intramolecular Hbond substituents is 1. The summed E-state index contributed by atoms with van der Waals surface area (Å²) in [6.07, 6.45) is 26.7. The quantitative estimate of drug-likeness (QED) is 0.171. The maximum atomic E-state index is 11.1. The van der Waals surface area contributed by atoms with Crippen molar-refractivity contribution in [3.8, 4) is 5.75 Å². The highest BCUT2D eigenvalue weighted by Crippen LogP contribution is 2.42. The SMILES string of the molecule is CCCCCCCCCCCCCCCCCCCC(CC)c1cc(C(C)(C)C)c(O)c(C(C)(C)C)c1. The summed E-state index contributed by atoms with van der Waals surface area (Å²) in [5, 5.41) is 11.1. The molecular formula is C36H66O. The van der Waals surface area contributed by atoms with Crippen molar-refractivity contribution >= 4 is 0 Å². The molecule has 0 fully saturated rings. The van der Waals surface area contributed by atoms with E-state index in [2.05, 4.69) is 67.5 Å². The lowest BCUT2D eigenvalue weighted by molar-refractivity contribution is 0.421. The third kappa shape index (κ3) is 14.1. The first-order valence-corrected chi connectivity index (χ1v) is 16.4. The van der Waals surface area contributed by atoms with Crippen molar-refractivity contribution in [3.63, 3.8) is 0 Å². The molecule has 1 nitrogen and oxygen atoms in total. The summed E-state index contributed by atoms with van der Waals surface area (Å²) < 4.78 is 0. The number of hydrogen-bond acceptors (Lipinski definition) is 1. The lowest BCUT2D eigenvalue weighted by atomic mass is 9.76. The topological polar surface area (TPSA) is 20.2 Å². The van der Waals surface area contributed by atoms with Gasteiger partial charge < -0.3 is 5.11 Å². The Balaban J connectivity index is 2.27. The molecule has 1 aromatic carbocycles. The van der Waals surface area contributed by atoms with E-state index in [4.69, 9.17) is 0 Å². The predicted octanol–water partition coefficient (Wildman–Crippen LogP) is 12.5. The van der Waals surface area contributed by atoms with E-state index in [-0.39, 0.29) is 10.8 Å². The Bertz CT molecular complexity index is 667. The van der Waals surface area contributed by atoms with Gasteiger partial charge in [0.05, 0.1) is 0 Å². The maximum absolute atomic E-state index is 11.1. The van der Waals surface area contributed by atoms with Gasteiger partial charge in [0.25, 0.3) is 0 Å². The Morgan fingerprint density at radius 3 is 1.16 bits per heavy atom. The van der Waals surface area contributed by atoms with E-state index in [1.165, 1.54) is 128 Å². The minimum atomic E-state index is -0.0493. The van der Waals surface area contributed by atoms with Crippen molar-refractivity contribution in [3.05, 3.63) is 28.8 Å². The molecule has 0 saturated heterocycles. The van der Waals surface area contributed by atoms with Gasteiger partial charge in [0.1, 0.15) is 5.75 Å². The number of hydrogen-bond donors (Lipinski definition) is 1. The Kier molecular flexibility index (Phi) is 16.9. The summed E-state index contributed by atoms with van der Waals surface area (Å²) in [6.45, 7) is 17.9. The summed E-state index contributed by atoms with van der Waals surface area (Å²) in [5.41, 5.74) is 3.55. The summed E-state index contributed by atoms with van der Waals surface area (Å²) in [5.74, 6) is 1.11. The second-order valence-electron chi connectivity index (χ2n) is 14.0. The van der Waals surface area contributed by atoms with Gasteiger partial charge in [0, 0.05) is 0 Å². The van der Waals surface area contributed by atoms with Crippen LogP contribution in [0.1, 0.15) is 200 Å². The number of unbranched alkanes of at least 4 members (excludes halogenated alkanes) is 16. The van der Waals surface area contributed by atoms with Gasteiger partial charge in [-0.05, 0) is 46.3 Å². The van der Waals surface area contributed by atoms with Crippen LogP contribution in [-0.4, -0.2) is 5.11 Å². The number of rotatable bonds is 20. The average Bonchev–Trinajstić information content (AvgIpc) is 2.82. The van der Waals surface area contributed by atoms with Gasteiger partial charge in [-0.25, -0.2) is 0 Å². The first-order chi connectivity index (χ1) is 17.5. The molecule has 0 amide bonds. The van der Waals surface area contributed by atoms with Crippen LogP contribution in [0.3, 0.4) is 0 Å². The molecule has 37 heavy (non-hydrogen) atoms. The van der Waals surface area contributed by atoms with Crippen molar-refractivity contribution in [2.75, 3.05) is 0 Å². The molecular weight excluding hydrogens is 448 g/mol. The summed E-state index contributed by atoms with van der Waals surface area (Å²) in [4.78, 5) is 0. The fourth-order valence-electron chi connectivity index (χ4n) is 5.76. The lowest BCUT2D eigenvalue weighted by Crippen LogP contribution is -2.18. The van der Waals surface area contributed by atoms with Crippen LogP contribution in [0.5, 0.6) is 5.75 Å². The van der Waals surface area contributed by atoms with Crippen molar-refractivity contribution in [2.24, 2.45) is 0 Å². The van der Waals surface area contributed by atoms with Crippen LogP contribution in [0, 0.1) is 0 Å². The summed E-state index contributed by atoms with van der Waals surface area (Å²) in [7, 11) is 0. The van der Waals surface area contributed by atoms with Crippen molar-refractivity contribution in [2.45, 2.75) is 194 Å². The molecule has 0 aliphatic heterocycles. The first-order valence-electron chi connectivity index (χ1n) is 16.4. The van der Waals surface area contributed by atoms with Crippen LogP contribution in [0.4, 0.5) is 0 Å². The maximum Gasteiger partial charge on any atom is 0.123 e. The molecule has 0 bridgehead atoms. The molecule has 1 aromatic rings. The fourth-order valence-corrected chi connectivity index (χ4v) is 5.76. The number of benzene rings is 1. The van der Waals surface area contributed by atoms with Crippen LogP contribution in [-0.2, 0) is 10.8 Å².